The summed E-state index contributed by atoms with van der Waals surface area (Å²) in [7, 11) is -2.24. The number of benzene rings is 4. The summed E-state index contributed by atoms with van der Waals surface area (Å²) in [5.41, 5.74) is 9.36. The normalized spacial score (nSPS) is 24.2. The predicted octanol–water partition coefficient (Wildman–Crippen LogP) is 10.1. The van der Waals surface area contributed by atoms with Gasteiger partial charge in [-0.15, -0.1) is 5.54 Å². The van der Waals surface area contributed by atoms with E-state index in [2.05, 4.69) is 66.0 Å². The van der Waals surface area contributed by atoms with Crippen molar-refractivity contribution in [2.24, 2.45) is 10.9 Å². The average molecular weight is 939 g/mol. The minimum atomic E-state index is -2.44. The van der Waals surface area contributed by atoms with Crippen LogP contribution in [0.1, 0.15) is 85.8 Å². The van der Waals surface area contributed by atoms with Gasteiger partial charge in [0.25, 0.3) is 0 Å². The van der Waals surface area contributed by atoms with E-state index in [1.165, 1.54) is 0 Å². The Morgan fingerprint density at radius 1 is 0.956 bits per heavy atom. The Hall–Kier alpha value is -5.48. The van der Waals surface area contributed by atoms with Crippen LogP contribution in [0.2, 0.25) is 16.6 Å². The summed E-state index contributed by atoms with van der Waals surface area (Å²) in [5, 5.41) is 1.85. The molecule has 4 aromatic carbocycles. The zero-order valence-corrected chi connectivity index (χ0v) is 41.2. The van der Waals surface area contributed by atoms with Crippen LogP contribution in [0.5, 0.6) is 6.01 Å². The molecule has 68 heavy (non-hydrogen) atoms. The van der Waals surface area contributed by atoms with Gasteiger partial charge in [-0.2, -0.15) is 14.4 Å². The van der Waals surface area contributed by atoms with Crippen molar-refractivity contribution in [3.63, 3.8) is 0 Å². The predicted molar refractivity (Wildman–Crippen MR) is 271 cm³/mol. The van der Waals surface area contributed by atoms with Gasteiger partial charge >= 0.3 is 6.01 Å². The van der Waals surface area contributed by atoms with Crippen molar-refractivity contribution in [2.45, 2.75) is 108 Å². The fourth-order valence-corrected chi connectivity index (χ4v) is 17.1. The molecule has 5 heterocycles. The molecule has 10 rings (SSSR count). The molecule has 0 bridgehead atoms. The first-order valence-corrected chi connectivity index (χ1v) is 26.7. The summed E-state index contributed by atoms with van der Waals surface area (Å²) < 4.78 is 79.9. The maximum absolute atomic E-state index is 18.4. The molecule has 0 unspecified atom stereocenters. The van der Waals surface area contributed by atoms with Crippen molar-refractivity contribution >= 4 is 53.8 Å². The molecule has 1 saturated carbocycles. The van der Waals surface area contributed by atoms with E-state index in [9.17, 15) is 2.74 Å². The first kappa shape index (κ1) is 43.8. The molecule has 5 aliphatic rings. The number of aliphatic imine (C=N–C) groups is 1. The van der Waals surface area contributed by atoms with Gasteiger partial charge in [-0.1, -0.05) is 126 Å². The minimum Gasteiger partial charge on any atom is -0.461 e. The highest BCUT2D eigenvalue weighted by atomic mass is 28.3. The van der Waals surface area contributed by atoms with Crippen LogP contribution < -0.4 is 25.1 Å². The zero-order chi connectivity index (χ0) is 49.3. The topological polar surface area (TPSA) is 66.3 Å². The number of nitrogens with zero attached hydrogens (tertiary/aromatic N) is 6. The lowest BCUT2D eigenvalue weighted by Crippen LogP contribution is -2.47. The summed E-state index contributed by atoms with van der Waals surface area (Å²) in [6.07, 6.45) is 0.490. The fraction of sp³-hybridized carbons (Fsp3) is 0.446. The lowest BCUT2D eigenvalue weighted by Gasteiger charge is -2.38. The third-order valence-electron chi connectivity index (χ3n) is 15.4. The molecule has 0 amide bonds. The van der Waals surface area contributed by atoms with Crippen molar-refractivity contribution in [1.29, 1.82) is 0 Å². The van der Waals surface area contributed by atoms with E-state index in [0.29, 0.717) is 59.2 Å². The number of aryl methyl sites for hydroxylation is 1. The van der Waals surface area contributed by atoms with E-state index in [1.54, 1.807) is 4.90 Å². The van der Waals surface area contributed by atoms with Crippen LogP contribution in [0.4, 0.5) is 30.4 Å². The Labute approximate surface area is 402 Å². The van der Waals surface area contributed by atoms with Gasteiger partial charge in [0, 0.05) is 59.3 Å². The summed E-state index contributed by atoms with van der Waals surface area (Å²) in [4.78, 5) is 20.1. The van der Waals surface area contributed by atoms with Gasteiger partial charge in [-0.3, -0.25) is 4.90 Å². The summed E-state index contributed by atoms with van der Waals surface area (Å²) in [5.74, 6) is 2.91. The Morgan fingerprint density at radius 2 is 1.66 bits per heavy atom. The van der Waals surface area contributed by atoms with E-state index in [1.807, 2.05) is 94.7 Å². The Morgan fingerprint density at radius 3 is 2.35 bits per heavy atom. The van der Waals surface area contributed by atoms with Crippen LogP contribution in [0, 0.1) is 24.3 Å². The third-order valence-corrected chi connectivity index (χ3v) is 21.7. The molecule has 0 N–H and O–H groups in total. The molecule has 5 atom stereocenters. The molecule has 12 heteroatoms. The van der Waals surface area contributed by atoms with Gasteiger partial charge in [0.05, 0.1) is 44.6 Å². The second-order valence-electron chi connectivity index (χ2n) is 20.3. The number of hydrogen-bond donors (Lipinski definition) is 0. The Bertz CT molecular complexity index is 2980. The fourth-order valence-electron chi connectivity index (χ4n) is 11.9. The van der Waals surface area contributed by atoms with E-state index in [0.717, 1.165) is 38.7 Å². The molecule has 0 spiro atoms. The highest BCUT2D eigenvalue weighted by molar-refractivity contribution is 6.90. The van der Waals surface area contributed by atoms with Crippen molar-refractivity contribution in [1.82, 2.24) is 14.9 Å². The Kier molecular flexibility index (Phi) is 11.9. The van der Waals surface area contributed by atoms with Crippen LogP contribution in [-0.2, 0) is 4.74 Å². The number of halogens is 3. The number of hydrogen-bond acceptors (Lipinski definition) is 8. The number of rotatable bonds is 11. The van der Waals surface area contributed by atoms with Crippen LogP contribution in [-0.4, -0.2) is 98.5 Å². The van der Waals surface area contributed by atoms with Crippen molar-refractivity contribution in [3.8, 4) is 17.5 Å². The van der Waals surface area contributed by atoms with Crippen molar-refractivity contribution < 1.29 is 25.4 Å². The molecule has 5 aromatic rings. The molecular formula is C56H63F3N6O2Si. The van der Waals surface area contributed by atoms with E-state index >= 15 is 13.2 Å². The van der Waals surface area contributed by atoms with Gasteiger partial charge in [-0.25, -0.2) is 13.8 Å². The quantitative estimate of drug-likeness (QED) is 0.0566. The van der Waals surface area contributed by atoms with Gasteiger partial charge in [0.2, 0.25) is 5.95 Å². The number of alkyl halides is 2. The summed E-state index contributed by atoms with van der Waals surface area (Å²) in [6.45, 7) is 14.9. The SMILES string of the molecule is [2H]C([2H])(Oc1nc(N2CCOC[C@H]3[C@H](F)[C@H]32)c2c(n1)=C(F)N(c1cc(N=C(c3ccccc3)c3ccccc3)cc3ccc(C)c(C#C[Si](C(C)C)(C(C)C)C(C)C)c13)CC=2)[C@@]12CCCN1C[C@H](F)C2. The van der Waals surface area contributed by atoms with Gasteiger partial charge in [0.15, 0.2) is 0 Å². The monoisotopic (exact) mass is 938 g/mol. The molecule has 1 aliphatic carbocycles. The highest BCUT2D eigenvalue weighted by Crippen LogP contribution is 2.45. The molecule has 4 fully saturated rings. The molecule has 0 radical (unpaired) electrons. The molecule has 1 aromatic heterocycles. The second kappa shape index (κ2) is 18.4. The van der Waals surface area contributed by atoms with Crippen LogP contribution in [0.15, 0.2) is 89.9 Å². The third kappa shape index (κ3) is 8.22. The maximum atomic E-state index is 18.4. The number of ether oxygens (including phenoxy) is 2. The standard InChI is InChI=1S/C56H63F3N6O2Si/c1-35(2)68(36(3)4,37(5)6)28-22-44-38(7)19-20-41-29-43(60-50(39-15-10-8-11-16-39)40-17-12-9-13-18-40)30-47(48(41)44)64-25-21-45-51(53(64)59)61-55(67-34-56-23-14-24-63(56)32-42(57)31-56)62-54(45)65-26-27-66-33-46-49(58)52(46)65/h8-13,15-21,29-30,35-37,42,46,49,52H,14,23-27,31-34H2,1-7H3/t42-,46+,49+,52+,56+/m1/s1/i34D2. The molecule has 354 valence electrons. The molecule has 8 nitrogen and oxygen atoms in total. The first-order chi connectivity index (χ1) is 33.5. The number of fused-ring (bicyclic) bond motifs is 4. The minimum absolute atomic E-state index is 0.0432. The second-order valence-corrected chi connectivity index (χ2v) is 25.9. The van der Waals surface area contributed by atoms with Crippen molar-refractivity contribution in [2.75, 3.05) is 55.8 Å². The van der Waals surface area contributed by atoms with Gasteiger partial charge < -0.3 is 19.3 Å². The van der Waals surface area contributed by atoms with Crippen LogP contribution >= 0.6 is 0 Å². The van der Waals surface area contributed by atoms with Crippen LogP contribution in [0.3, 0.4) is 0 Å². The molecule has 3 saturated heterocycles. The smallest absolute Gasteiger partial charge is 0.319 e. The Balaban J connectivity index is 1.21. The molecule has 4 aliphatic heterocycles. The maximum Gasteiger partial charge on any atom is 0.319 e. The summed E-state index contributed by atoms with van der Waals surface area (Å²) >= 11 is 0. The van der Waals surface area contributed by atoms with E-state index < -0.39 is 50.5 Å². The largest absolute Gasteiger partial charge is 0.461 e. The number of anilines is 2. The van der Waals surface area contributed by atoms with Crippen molar-refractivity contribution in [3.05, 3.63) is 118 Å². The van der Waals surface area contributed by atoms with E-state index in [-0.39, 0.29) is 49.7 Å². The zero-order valence-electron chi connectivity index (χ0n) is 42.2. The average Bonchev–Trinajstić information content (AvgIpc) is 3.69. The first-order valence-electron chi connectivity index (χ1n) is 25.5. The summed E-state index contributed by atoms with van der Waals surface area (Å²) in [6, 6.07) is 27.1. The lowest BCUT2D eigenvalue weighted by molar-refractivity contribution is 0.107. The molecular weight excluding hydrogens is 874 g/mol. The van der Waals surface area contributed by atoms with Crippen LogP contribution in [0.25, 0.3) is 22.8 Å². The van der Waals surface area contributed by atoms with Gasteiger partial charge in [-0.05, 0) is 66.0 Å². The number of aromatic nitrogens is 2. The van der Waals surface area contributed by atoms with Gasteiger partial charge in [0.1, 0.15) is 38.1 Å². The van der Waals surface area contributed by atoms with E-state index in [4.69, 9.17) is 24.4 Å². The highest BCUT2D eigenvalue weighted by Gasteiger charge is 2.56. The lowest BCUT2D eigenvalue weighted by atomic mass is 9.95.